The van der Waals surface area contributed by atoms with Gasteiger partial charge in [0.25, 0.3) is 5.91 Å². The average molecular weight is 277 g/mol. The number of piperidine rings is 1. The van der Waals surface area contributed by atoms with Crippen LogP contribution in [0.3, 0.4) is 0 Å². The molecule has 6 heteroatoms. The SMILES string of the molecule is CSc1ccc(C(=O)N[C@H]2CCCNC2)o1.Cl. The Bertz CT molecular complexity index is 364. The number of thioether (sulfide) groups is 1. The molecule has 1 saturated heterocycles. The second-order valence-corrected chi connectivity index (χ2v) is 4.65. The maximum atomic E-state index is 11.8. The van der Waals surface area contributed by atoms with E-state index in [1.54, 1.807) is 6.07 Å². The van der Waals surface area contributed by atoms with Crippen LogP contribution in [-0.2, 0) is 0 Å². The number of nitrogens with one attached hydrogen (secondary N) is 2. The molecule has 1 amide bonds. The highest BCUT2D eigenvalue weighted by molar-refractivity contribution is 7.98. The summed E-state index contributed by atoms with van der Waals surface area (Å²) in [6, 6.07) is 3.76. The summed E-state index contributed by atoms with van der Waals surface area (Å²) in [5.41, 5.74) is 0. The topological polar surface area (TPSA) is 54.3 Å². The Hall–Kier alpha value is -0.650. The Labute approximate surface area is 111 Å². The molecule has 2 heterocycles. The lowest BCUT2D eigenvalue weighted by Gasteiger charge is -2.23. The summed E-state index contributed by atoms with van der Waals surface area (Å²) in [6.07, 6.45) is 4.07. The lowest BCUT2D eigenvalue weighted by molar-refractivity contribution is 0.0897. The molecule has 1 aliphatic rings. The number of hydrogen-bond acceptors (Lipinski definition) is 4. The Morgan fingerprint density at radius 2 is 2.41 bits per heavy atom. The van der Waals surface area contributed by atoms with Gasteiger partial charge in [-0.1, -0.05) is 11.8 Å². The first-order chi connectivity index (χ1) is 7.79. The van der Waals surface area contributed by atoms with Crippen molar-refractivity contribution in [1.82, 2.24) is 10.6 Å². The molecule has 0 saturated carbocycles. The highest BCUT2D eigenvalue weighted by Gasteiger charge is 2.18. The lowest BCUT2D eigenvalue weighted by Crippen LogP contribution is -2.45. The molecule has 1 fully saturated rings. The van der Waals surface area contributed by atoms with Crippen molar-refractivity contribution in [3.05, 3.63) is 17.9 Å². The zero-order valence-corrected chi connectivity index (χ0v) is 11.3. The highest BCUT2D eigenvalue weighted by atomic mass is 35.5. The second kappa shape index (κ2) is 6.93. The molecule has 0 unspecified atom stereocenters. The highest BCUT2D eigenvalue weighted by Crippen LogP contribution is 2.18. The molecule has 1 aromatic heterocycles. The minimum Gasteiger partial charge on any atom is -0.445 e. The van der Waals surface area contributed by atoms with Crippen LogP contribution in [0.25, 0.3) is 0 Å². The van der Waals surface area contributed by atoms with Crippen LogP contribution < -0.4 is 10.6 Å². The smallest absolute Gasteiger partial charge is 0.287 e. The van der Waals surface area contributed by atoms with Crippen molar-refractivity contribution in [3.63, 3.8) is 0 Å². The van der Waals surface area contributed by atoms with Crippen molar-refractivity contribution in [2.24, 2.45) is 0 Å². The summed E-state index contributed by atoms with van der Waals surface area (Å²) in [6.45, 7) is 1.89. The van der Waals surface area contributed by atoms with E-state index in [9.17, 15) is 4.79 Å². The molecule has 1 aromatic rings. The third kappa shape index (κ3) is 3.94. The van der Waals surface area contributed by atoms with Gasteiger partial charge in [0.1, 0.15) is 0 Å². The van der Waals surface area contributed by atoms with Gasteiger partial charge in [-0.25, -0.2) is 0 Å². The molecule has 1 atom stereocenters. The first kappa shape index (κ1) is 14.4. The largest absolute Gasteiger partial charge is 0.445 e. The van der Waals surface area contributed by atoms with Crippen LogP contribution >= 0.6 is 24.2 Å². The molecule has 0 aliphatic carbocycles. The standard InChI is InChI=1S/C11H16N2O2S.ClH/c1-16-10-5-4-9(15-10)11(14)13-8-3-2-6-12-7-8;/h4-5,8,12H,2-3,6-7H2,1H3,(H,13,14);1H/t8-;/m0./s1. The van der Waals surface area contributed by atoms with Crippen LogP contribution in [-0.4, -0.2) is 31.3 Å². The lowest BCUT2D eigenvalue weighted by atomic mass is 10.1. The van der Waals surface area contributed by atoms with E-state index in [1.165, 1.54) is 11.8 Å². The van der Waals surface area contributed by atoms with Gasteiger partial charge in [-0.2, -0.15) is 0 Å². The van der Waals surface area contributed by atoms with Crippen LogP contribution in [0.15, 0.2) is 21.6 Å². The number of carbonyl (C=O) groups excluding carboxylic acids is 1. The predicted octanol–water partition coefficient (Wildman–Crippen LogP) is 1.91. The maximum Gasteiger partial charge on any atom is 0.287 e. The number of hydrogen-bond donors (Lipinski definition) is 2. The third-order valence-electron chi connectivity index (χ3n) is 2.64. The minimum atomic E-state index is -0.117. The quantitative estimate of drug-likeness (QED) is 0.828. The van der Waals surface area contributed by atoms with E-state index in [1.807, 2.05) is 12.3 Å². The molecule has 1 aliphatic heterocycles. The predicted molar refractivity (Wildman–Crippen MR) is 71.1 cm³/mol. The van der Waals surface area contributed by atoms with Crippen molar-refractivity contribution < 1.29 is 9.21 Å². The maximum absolute atomic E-state index is 11.8. The zero-order chi connectivity index (χ0) is 11.4. The van der Waals surface area contributed by atoms with Crippen molar-refractivity contribution in [2.75, 3.05) is 19.3 Å². The summed E-state index contributed by atoms with van der Waals surface area (Å²) in [7, 11) is 0. The first-order valence-electron chi connectivity index (χ1n) is 5.45. The van der Waals surface area contributed by atoms with Gasteiger partial charge < -0.3 is 15.1 Å². The molecule has 2 N–H and O–H groups in total. The van der Waals surface area contributed by atoms with Crippen LogP contribution in [0.4, 0.5) is 0 Å². The summed E-state index contributed by atoms with van der Waals surface area (Å²) < 4.78 is 5.37. The van der Waals surface area contributed by atoms with E-state index in [0.717, 1.165) is 31.0 Å². The van der Waals surface area contributed by atoms with Crippen LogP contribution in [0.5, 0.6) is 0 Å². The fourth-order valence-corrected chi connectivity index (χ4v) is 2.16. The van der Waals surface area contributed by atoms with Gasteiger partial charge in [-0.15, -0.1) is 12.4 Å². The number of amides is 1. The second-order valence-electron chi connectivity index (χ2n) is 3.84. The van der Waals surface area contributed by atoms with Crippen LogP contribution in [0.1, 0.15) is 23.4 Å². The molecule has 96 valence electrons. The molecule has 17 heavy (non-hydrogen) atoms. The Morgan fingerprint density at radius 1 is 1.59 bits per heavy atom. The Balaban J connectivity index is 0.00000144. The molecular weight excluding hydrogens is 260 g/mol. The normalized spacial score (nSPS) is 19.5. The summed E-state index contributed by atoms with van der Waals surface area (Å²) in [4.78, 5) is 11.8. The van der Waals surface area contributed by atoms with Gasteiger partial charge in [0.05, 0.1) is 0 Å². The fraction of sp³-hybridized carbons (Fsp3) is 0.545. The Kier molecular flexibility index (Phi) is 5.88. The minimum absolute atomic E-state index is 0. The number of rotatable bonds is 3. The van der Waals surface area contributed by atoms with E-state index < -0.39 is 0 Å². The number of halogens is 1. The number of carbonyl (C=O) groups is 1. The van der Waals surface area contributed by atoms with Gasteiger partial charge >= 0.3 is 0 Å². The summed E-state index contributed by atoms with van der Waals surface area (Å²) in [5.74, 6) is 0.281. The molecular formula is C11H17ClN2O2S. The first-order valence-corrected chi connectivity index (χ1v) is 6.67. The van der Waals surface area contributed by atoms with Gasteiger partial charge in [-0.3, -0.25) is 4.79 Å². The molecule has 4 nitrogen and oxygen atoms in total. The van der Waals surface area contributed by atoms with E-state index in [-0.39, 0.29) is 24.4 Å². The van der Waals surface area contributed by atoms with Crippen molar-refractivity contribution >= 4 is 30.1 Å². The molecule has 2 rings (SSSR count). The molecule has 0 radical (unpaired) electrons. The average Bonchev–Trinajstić information content (AvgIpc) is 2.79. The van der Waals surface area contributed by atoms with E-state index in [4.69, 9.17) is 4.42 Å². The monoisotopic (exact) mass is 276 g/mol. The molecule has 0 bridgehead atoms. The summed E-state index contributed by atoms with van der Waals surface area (Å²) >= 11 is 1.49. The molecule has 0 spiro atoms. The number of furan rings is 1. The van der Waals surface area contributed by atoms with Crippen molar-refractivity contribution in [2.45, 2.75) is 24.0 Å². The van der Waals surface area contributed by atoms with Crippen molar-refractivity contribution in [3.8, 4) is 0 Å². The third-order valence-corrected chi connectivity index (χ3v) is 3.26. The Morgan fingerprint density at radius 3 is 3.00 bits per heavy atom. The van der Waals surface area contributed by atoms with Crippen LogP contribution in [0, 0.1) is 0 Å². The van der Waals surface area contributed by atoms with E-state index in [2.05, 4.69) is 10.6 Å². The van der Waals surface area contributed by atoms with Gasteiger partial charge in [0.15, 0.2) is 10.9 Å². The van der Waals surface area contributed by atoms with E-state index in [0.29, 0.717) is 5.76 Å². The van der Waals surface area contributed by atoms with Crippen molar-refractivity contribution in [1.29, 1.82) is 0 Å². The van der Waals surface area contributed by atoms with Gasteiger partial charge in [0.2, 0.25) is 0 Å². The van der Waals surface area contributed by atoms with Gasteiger partial charge in [0, 0.05) is 12.6 Å². The molecule has 0 aromatic carbocycles. The van der Waals surface area contributed by atoms with Crippen LogP contribution in [0.2, 0.25) is 0 Å². The fourth-order valence-electron chi connectivity index (χ4n) is 1.78. The zero-order valence-electron chi connectivity index (χ0n) is 9.69. The van der Waals surface area contributed by atoms with Gasteiger partial charge in [-0.05, 0) is 37.8 Å². The van der Waals surface area contributed by atoms with E-state index >= 15 is 0 Å². The summed E-state index contributed by atoms with van der Waals surface area (Å²) in [5, 5.41) is 7.00.